The van der Waals surface area contributed by atoms with Gasteiger partial charge in [-0.1, -0.05) is 0 Å². The fraction of sp³-hybridized carbons (Fsp3) is 0.400. The largest absolute Gasteiger partial charge is 0.350 e. The molecule has 2 N–H and O–H groups in total. The summed E-state index contributed by atoms with van der Waals surface area (Å²) in [4.78, 5) is 23.8. The van der Waals surface area contributed by atoms with Gasteiger partial charge in [-0.15, -0.1) is 11.3 Å². The number of H-pyrrole nitrogens is 1. The smallest absolute Gasteiger partial charge is 0.224 e. The van der Waals surface area contributed by atoms with Crippen LogP contribution < -0.4 is 5.32 Å². The second-order valence-corrected chi connectivity index (χ2v) is 6.33. The zero-order valence-corrected chi connectivity index (χ0v) is 12.6. The summed E-state index contributed by atoms with van der Waals surface area (Å²) in [5.74, 6) is 0.601. The number of carbonyl (C=O) groups is 2. The molecule has 3 rings (SSSR count). The van der Waals surface area contributed by atoms with Crippen molar-refractivity contribution >= 4 is 23.0 Å². The average Bonchev–Trinajstić information content (AvgIpc) is 3.00. The van der Waals surface area contributed by atoms with Crippen molar-refractivity contribution in [3.8, 4) is 0 Å². The van der Waals surface area contributed by atoms with Crippen LogP contribution >= 0.6 is 11.3 Å². The Balaban J connectivity index is 1.49. The molecule has 0 aliphatic heterocycles. The molecule has 6 heteroatoms. The molecule has 0 atom stereocenters. The third kappa shape index (κ3) is 3.58. The number of nitrogens with zero attached hydrogens (tertiary/aromatic N) is 1. The van der Waals surface area contributed by atoms with Crippen molar-refractivity contribution in [3.63, 3.8) is 0 Å². The second-order valence-electron chi connectivity index (χ2n) is 5.42. The number of carbonyl (C=O) groups excluding carboxylic acids is 2. The van der Waals surface area contributed by atoms with E-state index in [1.54, 1.807) is 6.07 Å². The maximum Gasteiger partial charge on any atom is 0.224 e. The van der Waals surface area contributed by atoms with Crippen LogP contribution in [0.3, 0.4) is 0 Å². The lowest BCUT2D eigenvalue weighted by Crippen LogP contribution is -2.24. The molecule has 5 nitrogen and oxygen atoms in total. The fourth-order valence-corrected chi connectivity index (χ4v) is 2.97. The molecule has 1 fully saturated rings. The molecular formula is C15H17N3O2S. The highest BCUT2D eigenvalue weighted by Crippen LogP contribution is 2.38. The Morgan fingerprint density at radius 1 is 1.43 bits per heavy atom. The summed E-state index contributed by atoms with van der Waals surface area (Å²) < 4.78 is 0. The van der Waals surface area contributed by atoms with Crippen molar-refractivity contribution in [1.29, 1.82) is 0 Å². The van der Waals surface area contributed by atoms with Gasteiger partial charge in [-0.2, -0.15) is 5.10 Å². The average molecular weight is 303 g/mol. The van der Waals surface area contributed by atoms with Crippen molar-refractivity contribution in [3.05, 3.63) is 39.3 Å². The lowest BCUT2D eigenvalue weighted by atomic mass is 10.2. The number of ketones is 1. The highest BCUT2D eigenvalue weighted by atomic mass is 32.1. The predicted octanol–water partition coefficient (Wildman–Crippen LogP) is 2.41. The molecule has 0 saturated heterocycles. The molecule has 1 aliphatic carbocycles. The summed E-state index contributed by atoms with van der Waals surface area (Å²) in [6.07, 6.45) is 2.73. The van der Waals surface area contributed by atoms with E-state index in [1.807, 2.05) is 11.4 Å². The van der Waals surface area contributed by atoms with E-state index >= 15 is 0 Å². The molecule has 1 saturated carbocycles. The Labute approximate surface area is 126 Å². The normalized spacial score (nSPS) is 14.1. The number of rotatable bonds is 6. The Morgan fingerprint density at radius 3 is 2.90 bits per heavy atom. The zero-order valence-electron chi connectivity index (χ0n) is 11.8. The first-order valence-corrected chi connectivity index (χ1v) is 7.89. The van der Waals surface area contributed by atoms with Gasteiger partial charge < -0.3 is 5.32 Å². The minimum atomic E-state index is -0.0505. The monoisotopic (exact) mass is 303 g/mol. The number of aromatic nitrogens is 2. The summed E-state index contributed by atoms with van der Waals surface area (Å²) in [6, 6.07) is 3.81. The van der Waals surface area contributed by atoms with Crippen LogP contribution in [-0.4, -0.2) is 21.9 Å². The molecule has 0 unspecified atom stereocenters. The van der Waals surface area contributed by atoms with Crippen molar-refractivity contribution in [2.75, 3.05) is 0 Å². The molecular weight excluding hydrogens is 286 g/mol. The Bertz CT molecular complexity index is 670. The summed E-state index contributed by atoms with van der Waals surface area (Å²) in [5.41, 5.74) is 2.91. The Morgan fingerprint density at radius 2 is 2.24 bits per heavy atom. The van der Waals surface area contributed by atoms with Crippen LogP contribution in [0.4, 0.5) is 0 Å². The molecule has 0 spiro atoms. The number of Topliss-reactive ketones (excluding diaryl/α,β-unsaturated/α-hetero) is 1. The first-order chi connectivity index (χ1) is 10.1. The molecule has 2 aromatic rings. The van der Waals surface area contributed by atoms with Crippen molar-refractivity contribution < 1.29 is 9.59 Å². The minimum Gasteiger partial charge on any atom is -0.350 e. The summed E-state index contributed by atoms with van der Waals surface area (Å²) in [6.45, 7) is 1.99. The predicted molar refractivity (Wildman–Crippen MR) is 80.4 cm³/mol. The number of thiophene rings is 1. The van der Waals surface area contributed by atoms with E-state index in [-0.39, 0.29) is 11.7 Å². The van der Waals surface area contributed by atoms with E-state index in [9.17, 15) is 9.59 Å². The van der Waals surface area contributed by atoms with Crippen molar-refractivity contribution in [2.45, 2.75) is 38.6 Å². The molecule has 2 heterocycles. The van der Waals surface area contributed by atoms with Gasteiger partial charge in [0.2, 0.25) is 5.91 Å². The van der Waals surface area contributed by atoms with Gasteiger partial charge in [0.05, 0.1) is 29.2 Å². The van der Waals surface area contributed by atoms with Gasteiger partial charge in [0.25, 0.3) is 0 Å². The van der Waals surface area contributed by atoms with Gasteiger partial charge in [-0.25, -0.2) is 0 Å². The minimum absolute atomic E-state index is 0.0386. The van der Waals surface area contributed by atoms with Crippen LogP contribution in [0.1, 0.15) is 52.3 Å². The standard InChI is InChI=1S/C15H17N3O2S/c1-9(19)14-4-10(8-21-14)5-15(20)16-7-12-6-13(18-17-12)11-2-3-11/h4,6,8,11H,2-3,5,7H2,1H3,(H,16,20)(H,17,18). The molecule has 1 amide bonds. The number of nitrogens with one attached hydrogen (secondary N) is 2. The van der Waals surface area contributed by atoms with Crippen molar-refractivity contribution in [1.82, 2.24) is 15.5 Å². The molecule has 0 aromatic carbocycles. The molecule has 110 valence electrons. The van der Waals surface area contributed by atoms with Crippen LogP contribution in [0.15, 0.2) is 17.5 Å². The number of hydrogen-bond acceptors (Lipinski definition) is 4. The summed E-state index contributed by atoms with van der Waals surface area (Å²) >= 11 is 1.38. The Kier molecular flexibility index (Phi) is 3.88. The van der Waals surface area contributed by atoms with E-state index in [0.717, 1.165) is 17.0 Å². The zero-order chi connectivity index (χ0) is 14.8. The quantitative estimate of drug-likeness (QED) is 0.805. The van der Waals surface area contributed by atoms with E-state index < -0.39 is 0 Å². The van der Waals surface area contributed by atoms with E-state index in [1.165, 1.54) is 31.1 Å². The summed E-state index contributed by atoms with van der Waals surface area (Å²) in [7, 11) is 0. The maximum absolute atomic E-state index is 11.9. The lowest BCUT2D eigenvalue weighted by molar-refractivity contribution is -0.120. The van der Waals surface area contributed by atoms with Crippen LogP contribution in [0.2, 0.25) is 0 Å². The van der Waals surface area contributed by atoms with Gasteiger partial charge in [0.15, 0.2) is 5.78 Å². The summed E-state index contributed by atoms with van der Waals surface area (Å²) in [5, 5.41) is 11.9. The molecule has 0 radical (unpaired) electrons. The van der Waals surface area contributed by atoms with E-state index in [4.69, 9.17) is 0 Å². The number of hydrogen-bond donors (Lipinski definition) is 2. The van der Waals surface area contributed by atoms with Crippen molar-refractivity contribution in [2.24, 2.45) is 0 Å². The highest BCUT2D eigenvalue weighted by Gasteiger charge is 2.26. The molecule has 2 aromatic heterocycles. The molecule has 21 heavy (non-hydrogen) atoms. The fourth-order valence-electron chi connectivity index (χ4n) is 2.15. The topological polar surface area (TPSA) is 74.8 Å². The molecule has 1 aliphatic rings. The van der Waals surface area contributed by atoms with E-state index in [2.05, 4.69) is 15.5 Å². The highest BCUT2D eigenvalue weighted by molar-refractivity contribution is 7.12. The molecule has 0 bridgehead atoms. The van der Waals surface area contributed by atoms with Gasteiger partial charge in [-0.3, -0.25) is 14.7 Å². The lowest BCUT2D eigenvalue weighted by Gasteiger charge is -2.01. The Hall–Kier alpha value is -1.95. The third-order valence-electron chi connectivity index (χ3n) is 3.49. The van der Waals surface area contributed by atoms with Gasteiger partial charge in [0, 0.05) is 5.92 Å². The van der Waals surface area contributed by atoms with Gasteiger partial charge >= 0.3 is 0 Å². The van der Waals surface area contributed by atoms with Crippen LogP contribution in [0, 0.1) is 0 Å². The van der Waals surface area contributed by atoms with Gasteiger partial charge in [-0.05, 0) is 42.8 Å². The second kappa shape index (κ2) is 5.81. The van der Waals surface area contributed by atoms with E-state index in [0.29, 0.717) is 23.8 Å². The number of amides is 1. The van der Waals surface area contributed by atoms with Crippen LogP contribution in [-0.2, 0) is 17.8 Å². The third-order valence-corrected chi connectivity index (χ3v) is 4.57. The number of aromatic amines is 1. The SMILES string of the molecule is CC(=O)c1cc(CC(=O)NCc2cc(C3CC3)n[nH]2)cs1. The first kappa shape index (κ1) is 14.0. The first-order valence-electron chi connectivity index (χ1n) is 7.01. The maximum atomic E-state index is 11.9. The van der Waals surface area contributed by atoms with Gasteiger partial charge in [0.1, 0.15) is 0 Å². The van der Waals surface area contributed by atoms with Crippen LogP contribution in [0.5, 0.6) is 0 Å². The van der Waals surface area contributed by atoms with Crippen LogP contribution in [0.25, 0.3) is 0 Å².